The van der Waals surface area contributed by atoms with Crippen LogP contribution in [-0.2, 0) is 16.0 Å². The van der Waals surface area contributed by atoms with Gasteiger partial charge in [-0.25, -0.2) is 0 Å². The lowest BCUT2D eigenvalue weighted by Gasteiger charge is -2.13. The molecule has 1 aliphatic heterocycles. The van der Waals surface area contributed by atoms with Crippen LogP contribution < -0.4 is 5.32 Å². The van der Waals surface area contributed by atoms with Gasteiger partial charge in [-0.15, -0.1) is 0 Å². The molecule has 3 nitrogen and oxygen atoms in total. The van der Waals surface area contributed by atoms with Crippen LogP contribution in [0.2, 0.25) is 0 Å². The number of carbonyl (C=O) groups is 1. The first kappa shape index (κ1) is 13.2. The number of methoxy groups -OCH3 is 1. The third-order valence-electron chi connectivity index (χ3n) is 3.81. The minimum absolute atomic E-state index is 0.0473. The van der Waals surface area contributed by atoms with Crippen LogP contribution in [0.15, 0.2) is 18.2 Å². The van der Waals surface area contributed by atoms with E-state index in [4.69, 9.17) is 4.74 Å². The maximum absolute atomic E-state index is 12.3. The Morgan fingerprint density at radius 2 is 2.06 bits per heavy atom. The molecule has 1 N–H and O–H groups in total. The molecular weight excluding hydrogens is 226 g/mol. The molecular formula is C15H21NO2. The second kappa shape index (κ2) is 5.63. The van der Waals surface area contributed by atoms with Crippen LogP contribution in [0.3, 0.4) is 0 Å². The van der Waals surface area contributed by atoms with Crippen LogP contribution in [0.4, 0.5) is 0 Å². The molecule has 0 bridgehead atoms. The maximum Gasteiger partial charge on any atom is 0.154 e. The zero-order valence-electron chi connectivity index (χ0n) is 11.3. The van der Waals surface area contributed by atoms with Crippen LogP contribution in [0.5, 0.6) is 0 Å². The predicted octanol–water partition coefficient (Wildman–Crippen LogP) is 1.79. The lowest BCUT2D eigenvalue weighted by atomic mass is 9.95. The van der Waals surface area contributed by atoms with Crippen molar-refractivity contribution in [2.45, 2.75) is 38.8 Å². The Morgan fingerprint density at radius 3 is 2.61 bits per heavy atom. The van der Waals surface area contributed by atoms with Gasteiger partial charge in [0.1, 0.15) is 0 Å². The van der Waals surface area contributed by atoms with Gasteiger partial charge in [0.25, 0.3) is 0 Å². The van der Waals surface area contributed by atoms with Gasteiger partial charge in [-0.3, -0.25) is 4.79 Å². The highest BCUT2D eigenvalue weighted by atomic mass is 16.5. The van der Waals surface area contributed by atoms with Gasteiger partial charge >= 0.3 is 0 Å². The average Bonchev–Trinajstić information content (AvgIpc) is 2.82. The third kappa shape index (κ3) is 2.79. The van der Waals surface area contributed by atoms with Gasteiger partial charge in [0.15, 0.2) is 5.78 Å². The smallest absolute Gasteiger partial charge is 0.154 e. The second-order valence-corrected chi connectivity index (χ2v) is 5.07. The lowest BCUT2D eigenvalue weighted by Crippen LogP contribution is -2.32. The summed E-state index contributed by atoms with van der Waals surface area (Å²) in [6.45, 7) is 4.91. The van der Waals surface area contributed by atoms with Crippen molar-refractivity contribution < 1.29 is 9.53 Å². The fourth-order valence-corrected chi connectivity index (χ4v) is 2.55. The van der Waals surface area contributed by atoms with Gasteiger partial charge in [-0.1, -0.05) is 18.2 Å². The van der Waals surface area contributed by atoms with E-state index in [1.807, 2.05) is 6.07 Å². The molecule has 1 heterocycles. The minimum atomic E-state index is -0.0473. The number of hydrogen-bond donors (Lipinski definition) is 1. The van der Waals surface area contributed by atoms with Crippen molar-refractivity contribution in [3.63, 3.8) is 0 Å². The fraction of sp³-hybridized carbons (Fsp3) is 0.533. The summed E-state index contributed by atoms with van der Waals surface area (Å²) in [5.41, 5.74) is 3.57. The second-order valence-electron chi connectivity index (χ2n) is 5.07. The standard InChI is InChI=1S/C15H21NO2/c1-10-5-4-6-11(2)13(10)8-15(17)14-7-12(18-3)9-16-14/h4-6,12,14,16H,7-9H2,1-3H3. The number of carbonyl (C=O) groups excluding carboxylic acids is 1. The summed E-state index contributed by atoms with van der Waals surface area (Å²) in [4.78, 5) is 12.3. The molecule has 1 saturated heterocycles. The van der Waals surface area contributed by atoms with Crippen molar-refractivity contribution in [2.75, 3.05) is 13.7 Å². The van der Waals surface area contributed by atoms with E-state index < -0.39 is 0 Å². The van der Waals surface area contributed by atoms with Gasteiger partial charge in [0.2, 0.25) is 0 Å². The first-order valence-corrected chi connectivity index (χ1v) is 6.45. The summed E-state index contributed by atoms with van der Waals surface area (Å²) in [6.07, 6.45) is 1.49. The van der Waals surface area contributed by atoms with E-state index >= 15 is 0 Å². The first-order valence-electron chi connectivity index (χ1n) is 6.45. The van der Waals surface area contributed by atoms with E-state index in [0.29, 0.717) is 6.42 Å². The zero-order chi connectivity index (χ0) is 13.1. The van der Waals surface area contributed by atoms with Gasteiger partial charge in [-0.05, 0) is 37.0 Å². The third-order valence-corrected chi connectivity index (χ3v) is 3.81. The molecule has 0 spiro atoms. The number of ketones is 1. The number of benzene rings is 1. The summed E-state index contributed by atoms with van der Waals surface area (Å²) >= 11 is 0. The molecule has 3 heteroatoms. The monoisotopic (exact) mass is 247 g/mol. The Kier molecular flexibility index (Phi) is 4.15. The van der Waals surface area contributed by atoms with Crippen molar-refractivity contribution in [1.82, 2.24) is 5.32 Å². The molecule has 1 aromatic rings. The molecule has 2 unspecified atom stereocenters. The molecule has 18 heavy (non-hydrogen) atoms. The number of hydrogen-bond acceptors (Lipinski definition) is 3. The molecule has 2 rings (SSSR count). The van der Waals surface area contributed by atoms with Crippen molar-refractivity contribution in [3.8, 4) is 0 Å². The van der Waals surface area contributed by atoms with Crippen molar-refractivity contribution in [3.05, 3.63) is 34.9 Å². The number of nitrogens with one attached hydrogen (secondary N) is 1. The van der Waals surface area contributed by atoms with Crippen molar-refractivity contribution in [1.29, 1.82) is 0 Å². The van der Waals surface area contributed by atoms with E-state index in [-0.39, 0.29) is 17.9 Å². The normalized spacial score (nSPS) is 23.3. The lowest BCUT2D eigenvalue weighted by molar-refractivity contribution is -0.120. The largest absolute Gasteiger partial charge is 0.380 e. The highest BCUT2D eigenvalue weighted by Crippen LogP contribution is 2.17. The summed E-state index contributed by atoms with van der Waals surface area (Å²) in [5, 5.41) is 3.24. The maximum atomic E-state index is 12.3. The number of Topliss-reactive ketones (excluding diaryl/α,β-unsaturated/α-hetero) is 1. The van der Waals surface area contributed by atoms with Gasteiger partial charge in [0, 0.05) is 20.1 Å². The molecule has 1 aliphatic rings. The van der Waals surface area contributed by atoms with E-state index in [0.717, 1.165) is 13.0 Å². The number of aryl methyl sites for hydroxylation is 2. The van der Waals surface area contributed by atoms with Crippen LogP contribution in [0, 0.1) is 13.8 Å². The molecule has 0 aromatic heterocycles. The zero-order valence-corrected chi connectivity index (χ0v) is 11.3. The van der Waals surface area contributed by atoms with Crippen LogP contribution >= 0.6 is 0 Å². The quantitative estimate of drug-likeness (QED) is 0.881. The summed E-state index contributed by atoms with van der Waals surface area (Å²) < 4.78 is 5.27. The Hall–Kier alpha value is -1.19. The molecule has 2 atom stereocenters. The highest BCUT2D eigenvalue weighted by molar-refractivity contribution is 5.87. The highest BCUT2D eigenvalue weighted by Gasteiger charge is 2.29. The summed E-state index contributed by atoms with van der Waals surface area (Å²) in [7, 11) is 1.70. The minimum Gasteiger partial charge on any atom is -0.380 e. The van der Waals surface area contributed by atoms with E-state index in [1.54, 1.807) is 7.11 Å². The Morgan fingerprint density at radius 1 is 1.39 bits per heavy atom. The average molecular weight is 247 g/mol. The molecule has 1 aromatic carbocycles. The van der Waals surface area contributed by atoms with Gasteiger partial charge in [-0.2, -0.15) is 0 Å². The van der Waals surface area contributed by atoms with Crippen LogP contribution in [0.25, 0.3) is 0 Å². The van der Waals surface area contributed by atoms with Gasteiger partial charge < -0.3 is 10.1 Å². The van der Waals surface area contributed by atoms with Crippen molar-refractivity contribution in [2.24, 2.45) is 0 Å². The fourth-order valence-electron chi connectivity index (χ4n) is 2.55. The molecule has 0 amide bonds. The Labute approximate surface area is 109 Å². The predicted molar refractivity (Wildman–Crippen MR) is 71.8 cm³/mol. The van der Waals surface area contributed by atoms with Crippen molar-refractivity contribution >= 4 is 5.78 Å². The van der Waals surface area contributed by atoms with Crippen LogP contribution in [0.1, 0.15) is 23.1 Å². The van der Waals surface area contributed by atoms with Gasteiger partial charge in [0.05, 0.1) is 12.1 Å². The molecule has 0 radical (unpaired) electrons. The topological polar surface area (TPSA) is 38.3 Å². The number of rotatable bonds is 4. The summed E-state index contributed by atoms with van der Waals surface area (Å²) in [6, 6.07) is 6.12. The Bertz CT molecular complexity index is 422. The van der Waals surface area contributed by atoms with E-state index in [1.165, 1.54) is 16.7 Å². The van der Waals surface area contributed by atoms with Crippen LogP contribution in [-0.4, -0.2) is 31.6 Å². The number of ether oxygens (including phenoxy) is 1. The molecule has 98 valence electrons. The summed E-state index contributed by atoms with van der Waals surface area (Å²) in [5.74, 6) is 0.270. The first-order chi connectivity index (χ1) is 8.61. The van der Waals surface area contributed by atoms with E-state index in [9.17, 15) is 4.79 Å². The molecule has 1 fully saturated rings. The SMILES string of the molecule is COC1CNC(C(=O)Cc2c(C)cccc2C)C1. The molecule has 0 aliphatic carbocycles. The Balaban J connectivity index is 2.04. The van der Waals surface area contributed by atoms with E-state index in [2.05, 4.69) is 31.3 Å². The molecule has 0 saturated carbocycles.